The first-order valence-corrected chi connectivity index (χ1v) is 7.73. The molecule has 0 spiro atoms. The number of aliphatic hydroxyl groups is 1. The maximum atomic E-state index is 9.17. The molecule has 1 aliphatic carbocycles. The van der Waals surface area contributed by atoms with Gasteiger partial charge in [0, 0.05) is 12.6 Å². The van der Waals surface area contributed by atoms with Crippen molar-refractivity contribution in [2.24, 2.45) is 0 Å². The van der Waals surface area contributed by atoms with Crippen LogP contribution in [0.3, 0.4) is 0 Å². The highest BCUT2D eigenvalue weighted by molar-refractivity contribution is 4.75. The summed E-state index contributed by atoms with van der Waals surface area (Å²) < 4.78 is 0. The van der Waals surface area contributed by atoms with E-state index in [-0.39, 0.29) is 0 Å². The molecule has 1 N–H and O–H groups in total. The normalized spacial score (nSPS) is 17.8. The highest BCUT2D eigenvalue weighted by atomic mass is 16.3. The van der Waals surface area contributed by atoms with Gasteiger partial charge in [0.25, 0.3) is 0 Å². The highest BCUT2D eigenvalue weighted by Gasteiger charge is 2.19. The first-order chi connectivity index (χ1) is 8.38. The van der Waals surface area contributed by atoms with Crippen LogP contribution in [-0.2, 0) is 0 Å². The van der Waals surface area contributed by atoms with Crippen LogP contribution in [0.1, 0.15) is 71.1 Å². The smallest absolute Gasteiger partial charge is 0.0558 e. The zero-order valence-electron chi connectivity index (χ0n) is 11.7. The van der Waals surface area contributed by atoms with E-state index >= 15 is 0 Å². The van der Waals surface area contributed by atoms with Gasteiger partial charge in [0.2, 0.25) is 0 Å². The molecule has 1 saturated carbocycles. The predicted molar refractivity (Wildman–Crippen MR) is 74.3 cm³/mol. The Morgan fingerprint density at radius 2 is 1.65 bits per heavy atom. The van der Waals surface area contributed by atoms with Crippen LogP contribution in [0, 0.1) is 0 Å². The molecule has 0 aromatic heterocycles. The van der Waals surface area contributed by atoms with E-state index in [1.54, 1.807) is 0 Å². The lowest BCUT2D eigenvalue weighted by Gasteiger charge is -2.34. The molecule has 0 radical (unpaired) electrons. The van der Waals surface area contributed by atoms with Crippen LogP contribution in [0.25, 0.3) is 0 Å². The van der Waals surface area contributed by atoms with Gasteiger partial charge < -0.3 is 5.11 Å². The fourth-order valence-corrected chi connectivity index (χ4v) is 2.97. The average Bonchev–Trinajstić information content (AvgIpc) is 2.38. The molecule has 0 atom stereocenters. The van der Waals surface area contributed by atoms with Gasteiger partial charge in [-0.25, -0.2) is 0 Å². The standard InChI is InChI=1S/C15H31NO/c1-2-3-4-5-9-12-16(13-14-17)15-10-7-6-8-11-15/h15,17H,2-14H2,1H3. The summed E-state index contributed by atoms with van der Waals surface area (Å²) in [5.41, 5.74) is 0. The van der Waals surface area contributed by atoms with E-state index in [9.17, 15) is 0 Å². The maximum absolute atomic E-state index is 9.17. The number of hydrogen-bond donors (Lipinski definition) is 1. The Labute approximate surface area is 107 Å². The molecule has 2 nitrogen and oxygen atoms in total. The van der Waals surface area contributed by atoms with Crippen molar-refractivity contribution in [3.8, 4) is 0 Å². The van der Waals surface area contributed by atoms with Crippen LogP contribution < -0.4 is 0 Å². The zero-order valence-corrected chi connectivity index (χ0v) is 11.7. The van der Waals surface area contributed by atoms with Crippen molar-refractivity contribution in [1.82, 2.24) is 4.90 Å². The molecule has 0 aromatic carbocycles. The predicted octanol–water partition coefficient (Wildman–Crippen LogP) is 3.58. The molecule has 0 bridgehead atoms. The third-order valence-electron chi connectivity index (χ3n) is 4.03. The van der Waals surface area contributed by atoms with Crippen LogP contribution in [0.15, 0.2) is 0 Å². The van der Waals surface area contributed by atoms with Crippen LogP contribution in [-0.4, -0.2) is 35.7 Å². The van der Waals surface area contributed by atoms with Crippen molar-refractivity contribution >= 4 is 0 Å². The Hall–Kier alpha value is -0.0800. The Balaban J connectivity index is 2.17. The second-order valence-electron chi connectivity index (χ2n) is 5.47. The number of unbranched alkanes of at least 4 members (excludes halogenated alkanes) is 4. The SMILES string of the molecule is CCCCCCCN(CCO)C1CCCCC1. The molecule has 2 heteroatoms. The molecule has 0 aromatic rings. The number of rotatable bonds is 9. The minimum atomic E-state index is 0.325. The Bertz CT molecular complexity index is 166. The molecule has 0 amide bonds. The van der Waals surface area contributed by atoms with Crippen molar-refractivity contribution in [2.75, 3.05) is 19.7 Å². The largest absolute Gasteiger partial charge is 0.395 e. The van der Waals surface area contributed by atoms with Gasteiger partial charge in [-0.3, -0.25) is 4.90 Å². The van der Waals surface area contributed by atoms with Crippen molar-refractivity contribution in [2.45, 2.75) is 77.2 Å². The first kappa shape index (κ1) is 15.0. The van der Waals surface area contributed by atoms with E-state index in [1.807, 2.05) is 0 Å². The van der Waals surface area contributed by atoms with Gasteiger partial charge in [0.05, 0.1) is 6.61 Å². The summed E-state index contributed by atoms with van der Waals surface area (Å²) in [7, 11) is 0. The number of nitrogens with zero attached hydrogens (tertiary/aromatic N) is 1. The van der Waals surface area contributed by atoms with Crippen LogP contribution in [0.2, 0.25) is 0 Å². The van der Waals surface area contributed by atoms with Gasteiger partial charge in [-0.05, 0) is 25.8 Å². The molecule has 1 rings (SSSR count). The van der Waals surface area contributed by atoms with Gasteiger partial charge in [0.15, 0.2) is 0 Å². The van der Waals surface area contributed by atoms with Crippen LogP contribution in [0.5, 0.6) is 0 Å². The first-order valence-electron chi connectivity index (χ1n) is 7.73. The minimum absolute atomic E-state index is 0.325. The summed E-state index contributed by atoms with van der Waals surface area (Å²) in [6, 6.07) is 0.766. The molecule has 0 saturated heterocycles. The van der Waals surface area contributed by atoms with Crippen LogP contribution in [0.4, 0.5) is 0 Å². The third-order valence-corrected chi connectivity index (χ3v) is 4.03. The van der Waals surface area contributed by atoms with Gasteiger partial charge in [-0.1, -0.05) is 51.9 Å². The lowest BCUT2D eigenvalue weighted by molar-refractivity contribution is 0.122. The van der Waals surface area contributed by atoms with Crippen molar-refractivity contribution in [1.29, 1.82) is 0 Å². The lowest BCUT2D eigenvalue weighted by Crippen LogP contribution is -2.39. The topological polar surface area (TPSA) is 23.5 Å². The van der Waals surface area contributed by atoms with E-state index in [2.05, 4.69) is 11.8 Å². The molecule has 102 valence electrons. The molecule has 0 unspecified atom stereocenters. The summed E-state index contributed by atoms with van der Waals surface area (Å²) >= 11 is 0. The quantitative estimate of drug-likeness (QED) is 0.624. The minimum Gasteiger partial charge on any atom is -0.395 e. The summed E-state index contributed by atoms with van der Waals surface area (Å²) in [6.45, 7) is 4.68. The second kappa shape index (κ2) is 9.90. The van der Waals surface area contributed by atoms with Gasteiger partial charge >= 0.3 is 0 Å². The lowest BCUT2D eigenvalue weighted by atomic mass is 9.94. The molecular weight excluding hydrogens is 210 g/mol. The molecular formula is C15H31NO. The molecule has 0 heterocycles. The van der Waals surface area contributed by atoms with E-state index < -0.39 is 0 Å². The fraction of sp³-hybridized carbons (Fsp3) is 1.00. The van der Waals surface area contributed by atoms with Gasteiger partial charge in [-0.2, -0.15) is 0 Å². The molecule has 1 fully saturated rings. The maximum Gasteiger partial charge on any atom is 0.0558 e. The van der Waals surface area contributed by atoms with E-state index in [4.69, 9.17) is 5.11 Å². The summed E-state index contributed by atoms with van der Waals surface area (Å²) in [5.74, 6) is 0. The third kappa shape index (κ3) is 6.42. The Morgan fingerprint density at radius 3 is 2.29 bits per heavy atom. The number of aliphatic hydroxyl groups excluding tert-OH is 1. The number of hydrogen-bond acceptors (Lipinski definition) is 2. The van der Waals surface area contributed by atoms with E-state index in [0.29, 0.717) is 6.61 Å². The van der Waals surface area contributed by atoms with Crippen LogP contribution >= 0.6 is 0 Å². The van der Waals surface area contributed by atoms with Gasteiger partial charge in [0.1, 0.15) is 0 Å². The molecule has 17 heavy (non-hydrogen) atoms. The Morgan fingerprint density at radius 1 is 0.941 bits per heavy atom. The fourth-order valence-electron chi connectivity index (χ4n) is 2.97. The van der Waals surface area contributed by atoms with Crippen molar-refractivity contribution in [3.05, 3.63) is 0 Å². The summed E-state index contributed by atoms with van der Waals surface area (Å²) in [5, 5.41) is 9.17. The van der Waals surface area contributed by atoms with E-state index in [0.717, 1.165) is 12.6 Å². The Kier molecular flexibility index (Phi) is 8.72. The summed E-state index contributed by atoms with van der Waals surface area (Å²) in [4.78, 5) is 2.55. The van der Waals surface area contributed by atoms with Gasteiger partial charge in [-0.15, -0.1) is 0 Å². The monoisotopic (exact) mass is 241 g/mol. The molecule has 0 aliphatic heterocycles. The van der Waals surface area contributed by atoms with Crippen molar-refractivity contribution < 1.29 is 5.11 Å². The highest BCUT2D eigenvalue weighted by Crippen LogP contribution is 2.22. The summed E-state index contributed by atoms with van der Waals surface area (Å²) in [6.07, 6.45) is 13.7. The average molecular weight is 241 g/mol. The zero-order chi connectivity index (χ0) is 12.3. The van der Waals surface area contributed by atoms with E-state index in [1.165, 1.54) is 70.8 Å². The second-order valence-corrected chi connectivity index (χ2v) is 5.47. The van der Waals surface area contributed by atoms with Crippen molar-refractivity contribution in [3.63, 3.8) is 0 Å². The molecule has 1 aliphatic rings.